The van der Waals surface area contributed by atoms with Gasteiger partial charge in [0.05, 0.1) is 5.69 Å². The molecule has 0 bridgehead atoms. The molecule has 112 valence electrons. The third-order valence-corrected chi connectivity index (χ3v) is 3.54. The summed E-state index contributed by atoms with van der Waals surface area (Å²) in [6.07, 6.45) is -4.92. The number of hydrogen-bond acceptors (Lipinski definition) is 2. The van der Waals surface area contributed by atoms with Gasteiger partial charge in [-0.25, -0.2) is 4.68 Å². The van der Waals surface area contributed by atoms with Gasteiger partial charge in [-0.05, 0) is 34.7 Å². The van der Waals surface area contributed by atoms with E-state index in [0.717, 1.165) is 7.05 Å². The number of benzene rings is 1. The van der Waals surface area contributed by atoms with Crippen molar-refractivity contribution in [2.24, 2.45) is 7.05 Å². The van der Waals surface area contributed by atoms with Crippen molar-refractivity contribution in [3.05, 3.63) is 45.0 Å². The molecule has 1 heterocycles. The molecule has 2 aromatic rings. The van der Waals surface area contributed by atoms with E-state index in [-0.39, 0.29) is 0 Å². The van der Waals surface area contributed by atoms with E-state index in [2.05, 4.69) is 10.4 Å². The lowest BCUT2D eigenvalue weighted by atomic mass is 10.2. The normalized spacial score (nSPS) is 11.5. The van der Waals surface area contributed by atoms with E-state index < -0.39 is 29.3 Å². The first-order valence-electron chi connectivity index (χ1n) is 5.57. The maximum absolute atomic E-state index is 13.7. The predicted octanol–water partition coefficient (Wildman–Crippen LogP) is 3.43. The van der Waals surface area contributed by atoms with Crippen molar-refractivity contribution in [3.63, 3.8) is 0 Å². The van der Waals surface area contributed by atoms with Crippen LogP contribution in [0.5, 0.6) is 0 Å². The molecule has 21 heavy (non-hydrogen) atoms. The molecular formula is C12H8F4IN3O. The van der Waals surface area contributed by atoms with E-state index in [4.69, 9.17) is 0 Å². The van der Waals surface area contributed by atoms with E-state index in [1.54, 1.807) is 18.2 Å². The van der Waals surface area contributed by atoms with Crippen molar-refractivity contribution < 1.29 is 22.4 Å². The van der Waals surface area contributed by atoms with Gasteiger partial charge in [0, 0.05) is 10.6 Å². The van der Waals surface area contributed by atoms with Crippen LogP contribution in [0.1, 0.15) is 16.1 Å². The van der Waals surface area contributed by atoms with Gasteiger partial charge in [-0.15, -0.1) is 0 Å². The summed E-state index contributed by atoms with van der Waals surface area (Å²) >= 11 is 1.90. The standard InChI is InChI=1S/C12H8F4IN3O/c1-20-10(13)8(9(19-20)12(14,15)16)11(21)18-7-5-3-2-4-6(7)17/h2-5H,1H3,(H,18,21). The van der Waals surface area contributed by atoms with Crippen LogP contribution < -0.4 is 5.32 Å². The number of alkyl halides is 3. The minimum atomic E-state index is -4.92. The number of para-hydroxylation sites is 1. The fraction of sp³-hybridized carbons (Fsp3) is 0.167. The molecule has 0 aliphatic rings. The van der Waals surface area contributed by atoms with E-state index in [9.17, 15) is 22.4 Å². The van der Waals surface area contributed by atoms with Crippen molar-refractivity contribution in [1.29, 1.82) is 0 Å². The zero-order chi connectivity index (χ0) is 15.8. The van der Waals surface area contributed by atoms with Crippen LogP contribution in [0.15, 0.2) is 24.3 Å². The molecule has 0 saturated carbocycles. The highest BCUT2D eigenvalue weighted by Crippen LogP contribution is 2.32. The number of aromatic nitrogens is 2. The van der Waals surface area contributed by atoms with E-state index in [0.29, 0.717) is 13.9 Å². The maximum atomic E-state index is 13.7. The van der Waals surface area contributed by atoms with Gasteiger partial charge in [-0.3, -0.25) is 4.79 Å². The smallest absolute Gasteiger partial charge is 0.321 e. The van der Waals surface area contributed by atoms with E-state index in [1.807, 2.05) is 22.6 Å². The summed E-state index contributed by atoms with van der Waals surface area (Å²) in [5.74, 6) is -2.54. The highest BCUT2D eigenvalue weighted by atomic mass is 127. The van der Waals surface area contributed by atoms with Gasteiger partial charge in [0.2, 0.25) is 5.95 Å². The Hall–Kier alpha value is -1.65. The Morgan fingerprint density at radius 2 is 1.95 bits per heavy atom. The average Bonchev–Trinajstić information content (AvgIpc) is 2.69. The van der Waals surface area contributed by atoms with Crippen LogP contribution in [-0.4, -0.2) is 15.7 Å². The summed E-state index contributed by atoms with van der Waals surface area (Å²) in [4.78, 5) is 12.0. The number of nitrogens with one attached hydrogen (secondary N) is 1. The SMILES string of the molecule is Cn1nc(C(F)(F)F)c(C(=O)Nc2ccccc2I)c1F. The van der Waals surface area contributed by atoms with Gasteiger partial charge >= 0.3 is 6.18 Å². The van der Waals surface area contributed by atoms with Crippen LogP contribution >= 0.6 is 22.6 Å². The van der Waals surface area contributed by atoms with Crippen LogP contribution in [0.4, 0.5) is 23.2 Å². The summed E-state index contributed by atoms with van der Waals surface area (Å²) in [5, 5.41) is 5.27. The molecule has 0 aliphatic heterocycles. The lowest BCUT2D eigenvalue weighted by Gasteiger charge is -2.08. The highest BCUT2D eigenvalue weighted by Gasteiger charge is 2.41. The Morgan fingerprint density at radius 1 is 1.33 bits per heavy atom. The second-order valence-corrected chi connectivity index (χ2v) is 5.23. The number of amides is 1. The Kier molecular flexibility index (Phi) is 4.21. The van der Waals surface area contributed by atoms with Gasteiger partial charge in [0.1, 0.15) is 5.56 Å². The van der Waals surface area contributed by atoms with Crippen molar-refractivity contribution in [3.8, 4) is 0 Å². The molecule has 0 fully saturated rings. The van der Waals surface area contributed by atoms with Gasteiger partial charge in [0.15, 0.2) is 5.69 Å². The number of carbonyl (C=O) groups is 1. The number of anilines is 1. The first-order valence-corrected chi connectivity index (χ1v) is 6.65. The van der Waals surface area contributed by atoms with Gasteiger partial charge in [0.25, 0.3) is 5.91 Å². The molecule has 0 saturated heterocycles. The molecule has 4 nitrogen and oxygen atoms in total. The number of carbonyl (C=O) groups excluding carboxylic acids is 1. The van der Waals surface area contributed by atoms with Crippen LogP contribution in [0.2, 0.25) is 0 Å². The van der Waals surface area contributed by atoms with Crippen LogP contribution in [-0.2, 0) is 13.2 Å². The van der Waals surface area contributed by atoms with Crippen LogP contribution in [0.25, 0.3) is 0 Å². The number of aryl methyl sites for hydroxylation is 1. The quantitative estimate of drug-likeness (QED) is 0.606. The monoisotopic (exact) mass is 413 g/mol. The third kappa shape index (κ3) is 3.17. The lowest BCUT2D eigenvalue weighted by Crippen LogP contribution is -2.19. The number of hydrogen-bond donors (Lipinski definition) is 1. The van der Waals surface area contributed by atoms with Crippen LogP contribution in [0.3, 0.4) is 0 Å². The minimum Gasteiger partial charge on any atom is -0.321 e. The van der Waals surface area contributed by atoms with Crippen molar-refractivity contribution in [2.75, 3.05) is 5.32 Å². The van der Waals surface area contributed by atoms with Gasteiger partial charge in [-0.1, -0.05) is 12.1 Å². The fourth-order valence-corrected chi connectivity index (χ4v) is 2.17. The third-order valence-electron chi connectivity index (χ3n) is 2.59. The zero-order valence-electron chi connectivity index (χ0n) is 10.5. The molecule has 0 spiro atoms. The molecule has 1 amide bonds. The predicted molar refractivity (Wildman–Crippen MR) is 75.3 cm³/mol. The summed E-state index contributed by atoms with van der Waals surface area (Å²) in [7, 11) is 0.994. The molecule has 0 atom stereocenters. The summed E-state index contributed by atoms with van der Waals surface area (Å²) in [6, 6.07) is 6.45. The summed E-state index contributed by atoms with van der Waals surface area (Å²) in [6.45, 7) is 0. The van der Waals surface area contributed by atoms with E-state index in [1.165, 1.54) is 6.07 Å². The molecule has 0 radical (unpaired) electrons. The molecule has 0 aliphatic carbocycles. The lowest BCUT2D eigenvalue weighted by molar-refractivity contribution is -0.141. The second kappa shape index (κ2) is 5.62. The summed E-state index contributed by atoms with van der Waals surface area (Å²) < 4.78 is 53.1. The first kappa shape index (κ1) is 15.7. The van der Waals surface area contributed by atoms with Crippen molar-refractivity contribution in [2.45, 2.75) is 6.18 Å². The van der Waals surface area contributed by atoms with Crippen LogP contribution in [0, 0.1) is 9.52 Å². The molecule has 2 rings (SSSR count). The average molecular weight is 413 g/mol. The van der Waals surface area contributed by atoms with Gasteiger partial charge < -0.3 is 5.32 Å². The van der Waals surface area contributed by atoms with Crippen molar-refractivity contribution in [1.82, 2.24) is 9.78 Å². The van der Waals surface area contributed by atoms with E-state index >= 15 is 0 Å². The number of nitrogens with zero attached hydrogens (tertiary/aromatic N) is 2. The largest absolute Gasteiger partial charge is 0.436 e. The molecule has 1 aromatic carbocycles. The Bertz CT molecular complexity index is 696. The molecular weight excluding hydrogens is 405 g/mol. The Morgan fingerprint density at radius 3 is 2.52 bits per heavy atom. The molecule has 9 heteroatoms. The Labute approximate surface area is 130 Å². The number of rotatable bonds is 2. The second-order valence-electron chi connectivity index (χ2n) is 4.07. The van der Waals surface area contributed by atoms with Gasteiger partial charge in [-0.2, -0.15) is 22.7 Å². The first-order chi connectivity index (χ1) is 9.71. The Balaban J connectivity index is 2.43. The van der Waals surface area contributed by atoms with Crippen molar-refractivity contribution >= 4 is 34.2 Å². The maximum Gasteiger partial charge on any atom is 0.436 e. The zero-order valence-corrected chi connectivity index (χ0v) is 12.7. The topological polar surface area (TPSA) is 46.9 Å². The number of halogens is 5. The molecule has 1 aromatic heterocycles. The molecule has 0 unspecified atom stereocenters. The fourth-order valence-electron chi connectivity index (χ4n) is 1.65. The summed E-state index contributed by atoms with van der Waals surface area (Å²) in [5.41, 5.74) is -2.38. The molecule has 1 N–H and O–H groups in total. The minimum absolute atomic E-state index is 0.291. The highest BCUT2D eigenvalue weighted by molar-refractivity contribution is 14.1.